The van der Waals surface area contributed by atoms with Gasteiger partial charge in [-0.25, -0.2) is 0 Å². The van der Waals surface area contributed by atoms with Crippen LogP contribution in [0.5, 0.6) is 5.75 Å². The summed E-state index contributed by atoms with van der Waals surface area (Å²) in [5, 5.41) is 9.58. The highest BCUT2D eigenvalue weighted by Crippen LogP contribution is 2.36. The summed E-state index contributed by atoms with van der Waals surface area (Å²) in [6.45, 7) is 0. The van der Waals surface area contributed by atoms with Crippen molar-refractivity contribution in [2.45, 2.75) is 38.0 Å². The minimum Gasteiger partial charge on any atom is -0.502 e. The SMILES string of the molecule is O=c1c(Cl)coc(C2CCCCC2)c1O. The topological polar surface area (TPSA) is 50.4 Å². The molecule has 1 aliphatic carbocycles. The number of aromatic hydroxyl groups is 1. The van der Waals surface area contributed by atoms with Gasteiger partial charge in [-0.1, -0.05) is 30.9 Å². The van der Waals surface area contributed by atoms with Crippen LogP contribution in [0.1, 0.15) is 43.8 Å². The summed E-state index contributed by atoms with van der Waals surface area (Å²) >= 11 is 5.56. The minimum atomic E-state index is -0.525. The Labute approximate surface area is 92.7 Å². The zero-order chi connectivity index (χ0) is 10.8. The van der Waals surface area contributed by atoms with Crippen LogP contribution in [0.4, 0.5) is 0 Å². The molecule has 1 aromatic rings. The molecule has 1 aliphatic rings. The van der Waals surface area contributed by atoms with Gasteiger partial charge in [-0.2, -0.15) is 0 Å². The van der Waals surface area contributed by atoms with E-state index in [-0.39, 0.29) is 16.7 Å². The zero-order valence-corrected chi connectivity index (χ0v) is 9.09. The molecule has 4 heteroatoms. The Hall–Kier alpha value is -0.960. The van der Waals surface area contributed by atoms with Crippen LogP contribution in [0.15, 0.2) is 15.5 Å². The largest absolute Gasteiger partial charge is 0.502 e. The molecule has 0 spiro atoms. The van der Waals surface area contributed by atoms with E-state index in [1.54, 1.807) is 0 Å². The highest BCUT2D eigenvalue weighted by Gasteiger charge is 2.23. The summed E-state index contributed by atoms with van der Waals surface area (Å²) in [6.07, 6.45) is 6.62. The van der Waals surface area contributed by atoms with E-state index in [4.69, 9.17) is 16.0 Å². The van der Waals surface area contributed by atoms with E-state index in [1.165, 1.54) is 12.7 Å². The van der Waals surface area contributed by atoms with Gasteiger partial charge in [-0.15, -0.1) is 0 Å². The molecule has 0 unspecified atom stereocenters. The quantitative estimate of drug-likeness (QED) is 0.804. The Morgan fingerprint density at radius 2 is 2.00 bits per heavy atom. The fraction of sp³-hybridized carbons (Fsp3) is 0.545. The average molecular weight is 229 g/mol. The summed E-state index contributed by atoms with van der Waals surface area (Å²) < 4.78 is 5.23. The summed E-state index contributed by atoms with van der Waals surface area (Å²) in [5.41, 5.74) is -0.525. The molecule has 1 aromatic heterocycles. The number of rotatable bonds is 1. The number of hydrogen-bond acceptors (Lipinski definition) is 3. The molecule has 82 valence electrons. The predicted octanol–water partition coefficient (Wildman–Crippen LogP) is 3.05. The van der Waals surface area contributed by atoms with Crippen molar-refractivity contribution >= 4 is 11.6 Å². The van der Waals surface area contributed by atoms with Gasteiger partial charge in [-0.05, 0) is 12.8 Å². The molecule has 0 amide bonds. The molecule has 3 nitrogen and oxygen atoms in total. The van der Waals surface area contributed by atoms with Crippen LogP contribution >= 0.6 is 11.6 Å². The van der Waals surface area contributed by atoms with Crippen LogP contribution in [-0.4, -0.2) is 5.11 Å². The molecule has 2 rings (SSSR count). The molecule has 0 aromatic carbocycles. The van der Waals surface area contributed by atoms with Crippen molar-refractivity contribution in [1.29, 1.82) is 0 Å². The van der Waals surface area contributed by atoms with Crippen molar-refractivity contribution in [2.24, 2.45) is 0 Å². The lowest BCUT2D eigenvalue weighted by Crippen LogP contribution is -2.10. The van der Waals surface area contributed by atoms with Gasteiger partial charge in [0.05, 0.1) is 0 Å². The maximum absolute atomic E-state index is 11.4. The van der Waals surface area contributed by atoms with Gasteiger partial charge in [0.2, 0.25) is 11.2 Å². The minimum absolute atomic E-state index is 0.0629. The third kappa shape index (κ3) is 2.02. The molecule has 0 saturated heterocycles. The van der Waals surface area contributed by atoms with E-state index < -0.39 is 5.43 Å². The van der Waals surface area contributed by atoms with E-state index in [0.29, 0.717) is 5.76 Å². The Morgan fingerprint density at radius 3 is 2.67 bits per heavy atom. The molecule has 0 aliphatic heterocycles. The van der Waals surface area contributed by atoms with Gasteiger partial charge in [-0.3, -0.25) is 4.79 Å². The Morgan fingerprint density at radius 1 is 1.33 bits per heavy atom. The van der Waals surface area contributed by atoms with Crippen molar-refractivity contribution in [1.82, 2.24) is 0 Å². The van der Waals surface area contributed by atoms with Gasteiger partial charge >= 0.3 is 0 Å². The lowest BCUT2D eigenvalue weighted by Gasteiger charge is -2.20. The van der Waals surface area contributed by atoms with Crippen molar-refractivity contribution in [3.8, 4) is 5.75 Å². The first-order valence-corrected chi connectivity index (χ1v) is 5.58. The second kappa shape index (κ2) is 4.27. The van der Waals surface area contributed by atoms with E-state index in [0.717, 1.165) is 25.7 Å². The molecule has 15 heavy (non-hydrogen) atoms. The van der Waals surface area contributed by atoms with Crippen molar-refractivity contribution in [3.05, 3.63) is 27.3 Å². The average Bonchev–Trinajstić information content (AvgIpc) is 2.27. The van der Waals surface area contributed by atoms with E-state index in [2.05, 4.69) is 0 Å². The summed E-state index contributed by atoms with van der Waals surface area (Å²) in [5.74, 6) is 0.266. The Bertz CT molecular complexity index is 405. The maximum Gasteiger partial charge on any atom is 0.245 e. The first-order valence-electron chi connectivity index (χ1n) is 5.20. The van der Waals surface area contributed by atoms with Crippen molar-refractivity contribution in [2.75, 3.05) is 0 Å². The van der Waals surface area contributed by atoms with Gasteiger partial charge in [0.25, 0.3) is 0 Å². The molecular weight excluding hydrogens is 216 g/mol. The van der Waals surface area contributed by atoms with Crippen LogP contribution < -0.4 is 5.43 Å². The van der Waals surface area contributed by atoms with Gasteiger partial charge in [0.15, 0.2) is 5.76 Å². The van der Waals surface area contributed by atoms with Gasteiger partial charge in [0, 0.05) is 5.92 Å². The highest BCUT2D eigenvalue weighted by atomic mass is 35.5. The zero-order valence-electron chi connectivity index (χ0n) is 8.33. The molecule has 0 radical (unpaired) electrons. The summed E-state index contributed by atoms with van der Waals surface area (Å²) in [4.78, 5) is 11.4. The summed E-state index contributed by atoms with van der Waals surface area (Å²) in [6, 6.07) is 0. The second-order valence-electron chi connectivity index (χ2n) is 3.96. The van der Waals surface area contributed by atoms with Crippen LogP contribution in [0.3, 0.4) is 0 Å². The standard InChI is InChI=1S/C11H13ClO3/c12-8-6-15-11(10(14)9(8)13)7-4-2-1-3-5-7/h6-7,14H,1-5H2. The molecule has 0 bridgehead atoms. The molecule has 1 fully saturated rings. The fourth-order valence-electron chi connectivity index (χ4n) is 2.10. The van der Waals surface area contributed by atoms with Crippen LogP contribution in [0, 0.1) is 0 Å². The van der Waals surface area contributed by atoms with Crippen molar-refractivity contribution in [3.63, 3.8) is 0 Å². The second-order valence-corrected chi connectivity index (χ2v) is 4.37. The van der Waals surface area contributed by atoms with E-state index in [9.17, 15) is 9.90 Å². The summed E-state index contributed by atoms with van der Waals surface area (Å²) in [7, 11) is 0. The first kappa shape index (κ1) is 10.6. The van der Waals surface area contributed by atoms with Crippen LogP contribution in [0.25, 0.3) is 0 Å². The van der Waals surface area contributed by atoms with E-state index in [1.807, 2.05) is 0 Å². The Kier molecular flexibility index (Phi) is 3.00. The molecule has 1 heterocycles. The monoisotopic (exact) mass is 228 g/mol. The first-order chi connectivity index (χ1) is 7.20. The van der Waals surface area contributed by atoms with Crippen LogP contribution in [-0.2, 0) is 0 Å². The Balaban J connectivity index is 2.35. The molecular formula is C11H13ClO3. The smallest absolute Gasteiger partial charge is 0.245 e. The van der Waals surface area contributed by atoms with Crippen molar-refractivity contribution < 1.29 is 9.52 Å². The van der Waals surface area contributed by atoms with Crippen LogP contribution in [0.2, 0.25) is 5.02 Å². The molecule has 0 atom stereocenters. The lowest BCUT2D eigenvalue weighted by atomic mass is 9.87. The molecule has 1 saturated carbocycles. The molecule has 1 N–H and O–H groups in total. The highest BCUT2D eigenvalue weighted by molar-refractivity contribution is 6.30. The predicted molar refractivity (Wildman–Crippen MR) is 57.5 cm³/mol. The van der Waals surface area contributed by atoms with E-state index >= 15 is 0 Å². The number of halogens is 1. The van der Waals surface area contributed by atoms with Gasteiger partial charge < -0.3 is 9.52 Å². The fourth-order valence-corrected chi connectivity index (χ4v) is 2.24. The third-order valence-corrected chi connectivity index (χ3v) is 3.19. The third-order valence-electron chi connectivity index (χ3n) is 2.93. The normalized spacial score (nSPS) is 17.9. The maximum atomic E-state index is 11.4. The number of hydrogen-bond donors (Lipinski definition) is 1. The lowest BCUT2D eigenvalue weighted by molar-refractivity contribution is 0.333. The van der Waals surface area contributed by atoms with Gasteiger partial charge in [0.1, 0.15) is 11.3 Å².